The molecular weight excluding hydrogens is 364 g/mol. The number of halogens is 1. The van der Waals surface area contributed by atoms with E-state index in [-0.39, 0.29) is 12.1 Å². The minimum atomic E-state index is -0.498. The topological polar surface area (TPSA) is 51.7 Å². The number of carbonyl (C=O) groups is 1. The van der Waals surface area contributed by atoms with Crippen LogP contribution in [0.1, 0.15) is 33.6 Å². The maximum absolute atomic E-state index is 12.4. The molecule has 2 heterocycles. The largest absolute Gasteiger partial charge is 0.490 e. The predicted octanol–water partition coefficient (Wildman–Crippen LogP) is 5.18. The van der Waals surface area contributed by atoms with Crippen molar-refractivity contribution >= 4 is 17.7 Å². The van der Waals surface area contributed by atoms with E-state index in [1.54, 1.807) is 17.3 Å². The molecule has 0 aliphatic carbocycles. The molecule has 5 nitrogen and oxygen atoms in total. The van der Waals surface area contributed by atoms with Crippen LogP contribution in [-0.4, -0.2) is 40.8 Å². The Labute approximate surface area is 165 Å². The third-order valence-corrected chi connectivity index (χ3v) is 4.59. The van der Waals surface area contributed by atoms with Gasteiger partial charge in [-0.2, -0.15) is 0 Å². The molecule has 1 aliphatic heterocycles. The number of carbonyl (C=O) groups excluding carboxylic acids is 1. The van der Waals surface area contributed by atoms with E-state index in [0.29, 0.717) is 23.9 Å². The summed E-state index contributed by atoms with van der Waals surface area (Å²) in [5, 5.41) is 0.697. The van der Waals surface area contributed by atoms with Gasteiger partial charge >= 0.3 is 6.09 Å². The zero-order valence-corrected chi connectivity index (χ0v) is 16.7. The molecule has 3 rings (SSSR count). The Morgan fingerprint density at radius 3 is 2.67 bits per heavy atom. The highest BCUT2D eigenvalue weighted by atomic mass is 35.5. The molecule has 0 spiro atoms. The van der Waals surface area contributed by atoms with Gasteiger partial charge in [0.15, 0.2) is 0 Å². The summed E-state index contributed by atoms with van der Waals surface area (Å²) in [6, 6.07) is 9.56. The first-order valence-corrected chi connectivity index (χ1v) is 9.53. The Morgan fingerprint density at radius 1 is 1.22 bits per heavy atom. The number of hydrogen-bond acceptors (Lipinski definition) is 4. The number of hydrogen-bond donors (Lipinski definition) is 0. The molecule has 6 heteroatoms. The van der Waals surface area contributed by atoms with Crippen molar-refractivity contribution in [3.63, 3.8) is 0 Å². The summed E-state index contributed by atoms with van der Waals surface area (Å²) in [5.74, 6) is 0.679. The predicted molar refractivity (Wildman–Crippen MR) is 106 cm³/mol. The SMILES string of the molecule is CC(C)(C)OC(=O)N1CCC[C@@H]1COc1cncc(-c2ccc(Cl)cc2)c1. The lowest BCUT2D eigenvalue weighted by Gasteiger charge is -2.28. The van der Waals surface area contributed by atoms with Gasteiger partial charge in [-0.05, 0) is 57.4 Å². The summed E-state index contributed by atoms with van der Waals surface area (Å²) >= 11 is 5.95. The van der Waals surface area contributed by atoms with E-state index in [9.17, 15) is 4.79 Å². The third-order valence-electron chi connectivity index (χ3n) is 4.34. The van der Waals surface area contributed by atoms with E-state index < -0.39 is 5.60 Å². The van der Waals surface area contributed by atoms with Gasteiger partial charge < -0.3 is 14.4 Å². The van der Waals surface area contributed by atoms with Gasteiger partial charge in [-0.3, -0.25) is 4.98 Å². The number of amides is 1. The van der Waals surface area contributed by atoms with Crippen LogP contribution in [0.15, 0.2) is 42.7 Å². The molecule has 0 unspecified atom stereocenters. The van der Waals surface area contributed by atoms with E-state index in [4.69, 9.17) is 21.1 Å². The molecule has 27 heavy (non-hydrogen) atoms. The average Bonchev–Trinajstić information content (AvgIpc) is 3.08. The van der Waals surface area contributed by atoms with Crippen LogP contribution in [0.25, 0.3) is 11.1 Å². The number of likely N-dealkylation sites (tertiary alicyclic amines) is 1. The minimum Gasteiger partial charge on any atom is -0.490 e. The lowest BCUT2D eigenvalue weighted by molar-refractivity contribution is 0.0187. The van der Waals surface area contributed by atoms with Crippen molar-refractivity contribution in [2.75, 3.05) is 13.2 Å². The first kappa shape index (κ1) is 19.5. The molecule has 0 radical (unpaired) electrons. The van der Waals surface area contributed by atoms with E-state index in [1.807, 2.05) is 51.1 Å². The molecule has 1 aromatic heterocycles. The zero-order chi connectivity index (χ0) is 19.4. The van der Waals surface area contributed by atoms with Gasteiger partial charge in [-0.15, -0.1) is 0 Å². The van der Waals surface area contributed by atoms with Crippen LogP contribution in [0.2, 0.25) is 5.02 Å². The van der Waals surface area contributed by atoms with E-state index in [2.05, 4.69) is 4.98 Å². The second-order valence-electron chi connectivity index (χ2n) is 7.70. The fourth-order valence-electron chi connectivity index (χ4n) is 3.06. The molecule has 1 fully saturated rings. The van der Waals surface area contributed by atoms with Crippen molar-refractivity contribution in [1.29, 1.82) is 0 Å². The molecule has 0 saturated carbocycles. The summed E-state index contributed by atoms with van der Waals surface area (Å²) in [6.45, 7) is 6.75. The summed E-state index contributed by atoms with van der Waals surface area (Å²) < 4.78 is 11.4. The van der Waals surface area contributed by atoms with Gasteiger partial charge in [0.25, 0.3) is 0 Å². The number of benzene rings is 1. The number of rotatable bonds is 4. The molecule has 144 valence electrons. The molecule has 1 aromatic carbocycles. The summed E-state index contributed by atoms with van der Waals surface area (Å²) in [4.78, 5) is 18.4. The Morgan fingerprint density at radius 2 is 1.96 bits per heavy atom. The zero-order valence-electron chi connectivity index (χ0n) is 15.9. The first-order chi connectivity index (χ1) is 12.8. The van der Waals surface area contributed by atoms with Crippen molar-refractivity contribution < 1.29 is 14.3 Å². The van der Waals surface area contributed by atoms with Crippen LogP contribution < -0.4 is 4.74 Å². The summed E-state index contributed by atoms with van der Waals surface area (Å²) in [5.41, 5.74) is 1.48. The van der Waals surface area contributed by atoms with E-state index >= 15 is 0 Å². The van der Waals surface area contributed by atoms with Crippen molar-refractivity contribution in [3.8, 4) is 16.9 Å². The maximum Gasteiger partial charge on any atom is 0.410 e. The maximum atomic E-state index is 12.4. The van der Waals surface area contributed by atoms with E-state index in [1.165, 1.54) is 0 Å². The fourth-order valence-corrected chi connectivity index (χ4v) is 3.19. The first-order valence-electron chi connectivity index (χ1n) is 9.15. The smallest absolute Gasteiger partial charge is 0.410 e. The van der Waals surface area contributed by atoms with E-state index in [0.717, 1.165) is 24.0 Å². The molecule has 1 amide bonds. The normalized spacial score (nSPS) is 17.0. The van der Waals surface area contributed by atoms with Crippen LogP contribution in [0.4, 0.5) is 4.79 Å². The van der Waals surface area contributed by atoms with Crippen LogP contribution >= 0.6 is 11.6 Å². The van der Waals surface area contributed by atoms with Crippen molar-refractivity contribution in [3.05, 3.63) is 47.7 Å². The van der Waals surface area contributed by atoms with Gasteiger partial charge in [0.05, 0.1) is 12.2 Å². The van der Waals surface area contributed by atoms with Crippen LogP contribution in [0.3, 0.4) is 0 Å². The van der Waals surface area contributed by atoms with Crippen molar-refractivity contribution in [2.45, 2.75) is 45.3 Å². The lowest BCUT2D eigenvalue weighted by atomic mass is 10.1. The molecule has 1 aliphatic rings. The molecule has 2 aromatic rings. The lowest BCUT2D eigenvalue weighted by Crippen LogP contribution is -2.42. The number of aromatic nitrogens is 1. The average molecular weight is 389 g/mol. The highest BCUT2D eigenvalue weighted by Gasteiger charge is 2.32. The minimum absolute atomic E-state index is 0.0130. The fraction of sp³-hybridized carbons (Fsp3) is 0.429. The highest BCUT2D eigenvalue weighted by Crippen LogP contribution is 2.26. The van der Waals surface area contributed by atoms with Gasteiger partial charge in [-0.25, -0.2) is 4.79 Å². The Balaban J connectivity index is 1.63. The molecule has 1 saturated heterocycles. The Bertz CT molecular complexity index is 787. The standard InChI is InChI=1S/C21H25ClN2O3/c1-21(2,3)27-20(25)24-10-4-5-18(24)14-26-19-11-16(12-23-13-19)15-6-8-17(22)9-7-15/h6-9,11-13,18H,4-5,10,14H2,1-3H3/t18-/m1/s1. The Kier molecular flexibility index (Phi) is 5.90. The Hall–Kier alpha value is -2.27. The van der Waals surface area contributed by atoms with Crippen molar-refractivity contribution in [1.82, 2.24) is 9.88 Å². The van der Waals surface area contributed by atoms with Gasteiger partial charge in [-0.1, -0.05) is 23.7 Å². The molecule has 0 N–H and O–H groups in total. The molecule has 1 atom stereocenters. The number of ether oxygens (including phenoxy) is 2. The second-order valence-corrected chi connectivity index (χ2v) is 8.13. The van der Waals surface area contributed by atoms with Crippen molar-refractivity contribution in [2.24, 2.45) is 0 Å². The summed E-state index contributed by atoms with van der Waals surface area (Å²) in [6.07, 6.45) is 5.06. The van der Waals surface area contributed by atoms with Gasteiger partial charge in [0, 0.05) is 23.3 Å². The third kappa shape index (κ3) is 5.36. The summed E-state index contributed by atoms with van der Waals surface area (Å²) in [7, 11) is 0. The number of nitrogens with zero attached hydrogens (tertiary/aromatic N) is 2. The molecule has 0 bridgehead atoms. The molecular formula is C21H25ClN2O3. The highest BCUT2D eigenvalue weighted by molar-refractivity contribution is 6.30. The quantitative estimate of drug-likeness (QED) is 0.724. The van der Waals surface area contributed by atoms with Crippen LogP contribution in [0.5, 0.6) is 5.75 Å². The van der Waals surface area contributed by atoms with Crippen LogP contribution in [0, 0.1) is 0 Å². The van der Waals surface area contributed by atoms with Crippen LogP contribution in [-0.2, 0) is 4.74 Å². The van der Waals surface area contributed by atoms with Gasteiger partial charge in [0.1, 0.15) is 18.0 Å². The van der Waals surface area contributed by atoms with Gasteiger partial charge in [0.2, 0.25) is 0 Å². The second kappa shape index (κ2) is 8.17. The monoisotopic (exact) mass is 388 g/mol. The number of pyridine rings is 1.